The summed E-state index contributed by atoms with van der Waals surface area (Å²) < 4.78 is 0. The van der Waals surface area contributed by atoms with Gasteiger partial charge in [-0.15, -0.1) is 11.3 Å². The number of urea groups is 1. The van der Waals surface area contributed by atoms with E-state index in [1.807, 2.05) is 73.0 Å². The molecule has 0 radical (unpaired) electrons. The van der Waals surface area contributed by atoms with Crippen LogP contribution in [0, 0.1) is 0 Å². The zero-order valence-electron chi connectivity index (χ0n) is 15.5. The molecular weight excluding hydrogens is 372 g/mol. The first-order chi connectivity index (χ1) is 13.6. The van der Waals surface area contributed by atoms with Crippen LogP contribution < -0.4 is 16.0 Å². The Kier molecular flexibility index (Phi) is 6.75. The Bertz CT molecular complexity index is 912. The summed E-state index contributed by atoms with van der Waals surface area (Å²) in [6, 6.07) is 18.6. The van der Waals surface area contributed by atoms with Gasteiger partial charge in [0.15, 0.2) is 5.13 Å². The first-order valence-corrected chi connectivity index (χ1v) is 9.90. The number of hydrogen-bond donors (Lipinski definition) is 3. The van der Waals surface area contributed by atoms with Crippen LogP contribution in [0.2, 0.25) is 0 Å². The quantitative estimate of drug-likeness (QED) is 0.548. The van der Waals surface area contributed by atoms with Crippen molar-refractivity contribution in [1.29, 1.82) is 0 Å². The second-order valence-electron chi connectivity index (χ2n) is 6.29. The zero-order valence-corrected chi connectivity index (χ0v) is 16.3. The molecule has 1 aromatic heterocycles. The summed E-state index contributed by atoms with van der Waals surface area (Å²) >= 11 is 1.34. The molecule has 28 heavy (non-hydrogen) atoms. The van der Waals surface area contributed by atoms with Gasteiger partial charge >= 0.3 is 6.03 Å². The molecule has 0 bridgehead atoms. The summed E-state index contributed by atoms with van der Waals surface area (Å²) in [7, 11) is 0. The molecule has 0 aliphatic rings. The predicted octanol–water partition coefficient (Wildman–Crippen LogP) is 4.60. The van der Waals surface area contributed by atoms with Gasteiger partial charge in [-0.05, 0) is 31.0 Å². The number of amides is 3. The van der Waals surface area contributed by atoms with Crippen LogP contribution >= 0.6 is 11.3 Å². The lowest BCUT2D eigenvalue weighted by atomic mass is 10.1. The van der Waals surface area contributed by atoms with E-state index < -0.39 is 0 Å². The van der Waals surface area contributed by atoms with Crippen molar-refractivity contribution in [2.45, 2.75) is 25.8 Å². The van der Waals surface area contributed by atoms with E-state index in [1.165, 1.54) is 11.3 Å². The summed E-state index contributed by atoms with van der Waals surface area (Å²) in [6.07, 6.45) is 0.863. The third-order valence-electron chi connectivity index (χ3n) is 4.09. The van der Waals surface area contributed by atoms with Gasteiger partial charge < -0.3 is 10.6 Å². The number of anilines is 2. The summed E-state index contributed by atoms with van der Waals surface area (Å²) in [5.74, 6) is -0.0271. The van der Waals surface area contributed by atoms with Crippen LogP contribution in [0.4, 0.5) is 15.6 Å². The average molecular weight is 395 g/mol. The van der Waals surface area contributed by atoms with E-state index in [0.717, 1.165) is 11.3 Å². The van der Waals surface area contributed by atoms with Crippen molar-refractivity contribution in [3.8, 4) is 0 Å². The fourth-order valence-corrected chi connectivity index (χ4v) is 3.38. The van der Waals surface area contributed by atoms with E-state index in [9.17, 15) is 9.59 Å². The number of aromatic nitrogens is 1. The van der Waals surface area contributed by atoms with E-state index in [4.69, 9.17) is 0 Å². The van der Waals surface area contributed by atoms with E-state index in [1.54, 1.807) is 0 Å². The number of nitrogens with one attached hydrogen (secondary N) is 3. The fourth-order valence-electron chi connectivity index (χ4n) is 2.64. The normalized spacial score (nSPS) is 11.5. The first kappa shape index (κ1) is 19.6. The van der Waals surface area contributed by atoms with Gasteiger partial charge in [-0.25, -0.2) is 9.78 Å². The molecule has 2 aromatic carbocycles. The van der Waals surface area contributed by atoms with Crippen LogP contribution in [0.5, 0.6) is 0 Å². The molecule has 0 unspecified atom stereocenters. The maximum atomic E-state index is 12.2. The zero-order chi connectivity index (χ0) is 19.8. The van der Waals surface area contributed by atoms with Gasteiger partial charge in [0, 0.05) is 17.5 Å². The van der Waals surface area contributed by atoms with Gasteiger partial charge in [0.1, 0.15) is 0 Å². The average Bonchev–Trinajstić information content (AvgIpc) is 3.15. The SMILES string of the molecule is C[C@H](NC(=O)CCc1csc(NC(=O)Nc2ccccc2)n1)c1ccccc1. The van der Waals surface area contributed by atoms with Crippen molar-refractivity contribution in [3.63, 3.8) is 0 Å². The van der Waals surface area contributed by atoms with Crippen molar-refractivity contribution in [2.75, 3.05) is 10.6 Å². The molecule has 1 atom stereocenters. The van der Waals surface area contributed by atoms with Crippen LogP contribution in [-0.2, 0) is 11.2 Å². The second kappa shape index (κ2) is 9.66. The highest BCUT2D eigenvalue weighted by atomic mass is 32.1. The van der Waals surface area contributed by atoms with E-state index in [-0.39, 0.29) is 18.0 Å². The number of para-hydroxylation sites is 1. The molecule has 144 valence electrons. The van der Waals surface area contributed by atoms with Crippen LogP contribution in [0.3, 0.4) is 0 Å². The minimum absolute atomic E-state index is 0.0271. The summed E-state index contributed by atoms with van der Waals surface area (Å²) in [6.45, 7) is 1.96. The standard InChI is InChI=1S/C21H22N4O2S/c1-15(16-8-4-2-5-9-16)22-19(26)13-12-18-14-28-21(24-18)25-20(27)23-17-10-6-3-7-11-17/h2-11,14-15H,12-13H2,1H3,(H,22,26)(H2,23,24,25,27)/t15-/m0/s1. The van der Waals surface area contributed by atoms with E-state index >= 15 is 0 Å². The molecule has 0 saturated heterocycles. The number of aryl methyl sites for hydroxylation is 1. The number of thiazole rings is 1. The Morgan fingerprint density at radius 1 is 1.00 bits per heavy atom. The van der Waals surface area contributed by atoms with Crippen LogP contribution in [-0.4, -0.2) is 16.9 Å². The van der Waals surface area contributed by atoms with Gasteiger partial charge in [-0.2, -0.15) is 0 Å². The van der Waals surface area contributed by atoms with Crippen molar-refractivity contribution < 1.29 is 9.59 Å². The Labute approximate surface area is 168 Å². The van der Waals surface area contributed by atoms with Crippen LogP contribution in [0.25, 0.3) is 0 Å². The first-order valence-electron chi connectivity index (χ1n) is 9.02. The molecule has 0 saturated carbocycles. The van der Waals surface area contributed by atoms with E-state index in [0.29, 0.717) is 23.7 Å². The molecule has 3 rings (SSSR count). The summed E-state index contributed by atoms with van der Waals surface area (Å²) in [5, 5.41) is 10.8. The van der Waals surface area contributed by atoms with Crippen LogP contribution in [0.15, 0.2) is 66.0 Å². The molecular formula is C21H22N4O2S. The molecule has 0 fully saturated rings. The van der Waals surface area contributed by atoms with Gasteiger partial charge in [0.05, 0.1) is 11.7 Å². The fraction of sp³-hybridized carbons (Fsp3) is 0.190. The number of hydrogen-bond acceptors (Lipinski definition) is 4. The molecule has 0 aliphatic carbocycles. The monoisotopic (exact) mass is 394 g/mol. The number of rotatable bonds is 7. The number of carbonyl (C=O) groups excluding carboxylic acids is 2. The molecule has 3 amide bonds. The topological polar surface area (TPSA) is 83.1 Å². The third-order valence-corrected chi connectivity index (χ3v) is 4.90. The minimum atomic E-state index is -0.346. The Morgan fingerprint density at radius 2 is 1.68 bits per heavy atom. The highest BCUT2D eigenvalue weighted by molar-refractivity contribution is 7.13. The van der Waals surface area contributed by atoms with Gasteiger partial charge in [-0.1, -0.05) is 48.5 Å². The number of nitrogens with zero attached hydrogens (tertiary/aromatic N) is 1. The van der Waals surface area contributed by atoms with E-state index in [2.05, 4.69) is 20.9 Å². The number of carbonyl (C=O) groups is 2. The van der Waals surface area contributed by atoms with Crippen LogP contribution in [0.1, 0.15) is 30.6 Å². The summed E-state index contributed by atoms with van der Waals surface area (Å²) in [5.41, 5.74) is 2.56. The highest BCUT2D eigenvalue weighted by Gasteiger charge is 2.11. The van der Waals surface area contributed by atoms with Crippen molar-refractivity contribution >= 4 is 34.1 Å². The smallest absolute Gasteiger partial charge is 0.325 e. The Hall–Kier alpha value is -3.19. The predicted molar refractivity (Wildman–Crippen MR) is 113 cm³/mol. The molecule has 3 aromatic rings. The third kappa shape index (κ3) is 5.92. The second-order valence-corrected chi connectivity index (χ2v) is 7.15. The lowest BCUT2D eigenvalue weighted by Gasteiger charge is -2.13. The van der Waals surface area contributed by atoms with Gasteiger partial charge in [0.2, 0.25) is 5.91 Å². The van der Waals surface area contributed by atoms with Gasteiger partial charge in [0.25, 0.3) is 0 Å². The highest BCUT2D eigenvalue weighted by Crippen LogP contribution is 2.18. The van der Waals surface area contributed by atoms with Crippen molar-refractivity contribution in [1.82, 2.24) is 10.3 Å². The van der Waals surface area contributed by atoms with Gasteiger partial charge in [-0.3, -0.25) is 10.1 Å². The largest absolute Gasteiger partial charge is 0.350 e. The minimum Gasteiger partial charge on any atom is -0.350 e. The Balaban J connectivity index is 1.44. The summed E-state index contributed by atoms with van der Waals surface area (Å²) in [4.78, 5) is 28.5. The Morgan fingerprint density at radius 3 is 2.39 bits per heavy atom. The maximum absolute atomic E-state index is 12.2. The lowest BCUT2D eigenvalue weighted by molar-refractivity contribution is -0.121. The molecule has 6 nitrogen and oxygen atoms in total. The molecule has 3 N–H and O–H groups in total. The molecule has 7 heteroatoms. The molecule has 0 spiro atoms. The lowest BCUT2D eigenvalue weighted by Crippen LogP contribution is -2.26. The molecule has 0 aliphatic heterocycles. The maximum Gasteiger partial charge on any atom is 0.325 e. The number of benzene rings is 2. The van der Waals surface area contributed by atoms with Crippen molar-refractivity contribution in [2.24, 2.45) is 0 Å². The van der Waals surface area contributed by atoms with Crippen molar-refractivity contribution in [3.05, 3.63) is 77.3 Å². The molecule has 1 heterocycles.